The molecule has 156 valence electrons. The molecule has 0 fully saturated rings. The molecule has 0 radical (unpaired) electrons. The average molecular weight is 429 g/mol. The van der Waals surface area contributed by atoms with Crippen molar-refractivity contribution in [3.05, 3.63) is 64.5 Å². The quantitative estimate of drug-likeness (QED) is 0.623. The summed E-state index contributed by atoms with van der Waals surface area (Å²) in [6.45, 7) is 3.87. The summed E-state index contributed by atoms with van der Waals surface area (Å²) in [6.07, 6.45) is 1.54. The topological polar surface area (TPSA) is 113 Å². The van der Waals surface area contributed by atoms with Crippen LogP contribution in [0.2, 0.25) is 0 Å². The predicted molar refractivity (Wildman–Crippen MR) is 109 cm³/mol. The fraction of sp³-hybridized carbons (Fsp3) is 0.263. The van der Waals surface area contributed by atoms with Crippen molar-refractivity contribution in [1.29, 1.82) is 0 Å². The largest absolute Gasteiger partial charge is 0.334 e. The third-order valence-corrected chi connectivity index (χ3v) is 4.85. The second kappa shape index (κ2) is 9.35. The first-order valence-electron chi connectivity index (χ1n) is 8.99. The van der Waals surface area contributed by atoms with Gasteiger partial charge < -0.3 is 10.2 Å². The van der Waals surface area contributed by atoms with Crippen LogP contribution in [-0.2, 0) is 13.1 Å². The smallest absolute Gasteiger partial charge is 0.321 e. The van der Waals surface area contributed by atoms with Crippen LogP contribution in [0.15, 0.2) is 30.5 Å². The Bertz CT molecular complexity index is 1050. The molecule has 3 rings (SSSR count). The summed E-state index contributed by atoms with van der Waals surface area (Å²) in [4.78, 5) is 30.4. The monoisotopic (exact) mass is 429 g/mol. The average Bonchev–Trinajstić information content (AvgIpc) is 3.12. The van der Waals surface area contributed by atoms with E-state index >= 15 is 0 Å². The van der Waals surface area contributed by atoms with Crippen LogP contribution in [-0.4, -0.2) is 43.4 Å². The molecule has 3 aromatic rings. The van der Waals surface area contributed by atoms with Gasteiger partial charge in [0.1, 0.15) is 5.82 Å². The number of anilines is 1. The highest BCUT2D eigenvalue weighted by atomic mass is 32.1. The Kier molecular flexibility index (Phi) is 6.62. The molecule has 2 aromatic heterocycles. The second-order valence-corrected chi connectivity index (χ2v) is 7.35. The molecule has 11 heteroatoms. The Morgan fingerprint density at radius 1 is 1.27 bits per heavy atom. The van der Waals surface area contributed by atoms with E-state index in [-0.39, 0.29) is 24.8 Å². The summed E-state index contributed by atoms with van der Waals surface area (Å²) in [6, 6.07) is 5.48. The summed E-state index contributed by atoms with van der Waals surface area (Å²) >= 11 is 1.00. The molecule has 1 aromatic carbocycles. The minimum Gasteiger partial charge on any atom is -0.334 e. The van der Waals surface area contributed by atoms with Gasteiger partial charge in [0.2, 0.25) is 5.13 Å². The predicted octanol–water partition coefficient (Wildman–Crippen LogP) is 2.68. The van der Waals surface area contributed by atoms with Gasteiger partial charge in [-0.05, 0) is 37.1 Å². The molecule has 0 aliphatic rings. The molecular weight excluding hydrogens is 409 g/mol. The molecule has 9 nitrogen and oxygen atoms in total. The van der Waals surface area contributed by atoms with Crippen LogP contribution in [0.3, 0.4) is 0 Å². The normalized spacial score (nSPS) is 10.5. The van der Waals surface area contributed by atoms with Crippen molar-refractivity contribution in [1.82, 2.24) is 29.8 Å². The van der Waals surface area contributed by atoms with Crippen LogP contribution in [0.5, 0.6) is 0 Å². The number of hydrogen-bond donors (Lipinski definition) is 2. The number of carbonyl (C=O) groups is 2. The van der Waals surface area contributed by atoms with Crippen molar-refractivity contribution in [2.45, 2.75) is 26.9 Å². The van der Waals surface area contributed by atoms with E-state index in [0.717, 1.165) is 17.1 Å². The van der Waals surface area contributed by atoms with Crippen molar-refractivity contribution < 1.29 is 14.0 Å². The lowest BCUT2D eigenvalue weighted by atomic mass is 10.1. The summed E-state index contributed by atoms with van der Waals surface area (Å²) in [5.41, 5.74) is 2.43. The maximum Gasteiger partial charge on any atom is 0.321 e. The number of aromatic nitrogens is 4. The Morgan fingerprint density at radius 3 is 2.80 bits per heavy atom. The van der Waals surface area contributed by atoms with E-state index in [1.54, 1.807) is 39.2 Å². The fourth-order valence-corrected chi connectivity index (χ4v) is 3.31. The number of hydrogen-bond acceptors (Lipinski definition) is 7. The molecule has 3 amide bonds. The van der Waals surface area contributed by atoms with Gasteiger partial charge in [0.25, 0.3) is 5.91 Å². The van der Waals surface area contributed by atoms with Crippen LogP contribution >= 0.6 is 11.5 Å². The molecule has 2 N–H and O–H groups in total. The number of nitrogens with zero attached hydrogens (tertiary/aromatic N) is 5. The number of amides is 3. The zero-order valence-corrected chi connectivity index (χ0v) is 17.5. The van der Waals surface area contributed by atoms with Crippen molar-refractivity contribution >= 4 is 28.6 Å². The second-order valence-electron chi connectivity index (χ2n) is 6.60. The van der Waals surface area contributed by atoms with Gasteiger partial charge >= 0.3 is 6.03 Å². The van der Waals surface area contributed by atoms with Crippen molar-refractivity contribution in [3.8, 4) is 0 Å². The molecule has 0 bridgehead atoms. The van der Waals surface area contributed by atoms with Crippen molar-refractivity contribution in [2.24, 2.45) is 0 Å². The minimum absolute atomic E-state index is 0.170. The first kappa shape index (κ1) is 21.2. The van der Waals surface area contributed by atoms with E-state index < -0.39 is 6.03 Å². The Hall–Kier alpha value is -3.47. The lowest BCUT2D eigenvalue weighted by Gasteiger charge is -2.17. The van der Waals surface area contributed by atoms with Crippen LogP contribution in [0.25, 0.3) is 0 Å². The lowest BCUT2D eigenvalue weighted by Crippen LogP contribution is -2.29. The summed E-state index contributed by atoms with van der Waals surface area (Å²) in [7, 11) is 1.64. The standard InChI is InChI=1S/C19H20FN7O2S/c1-11-8-22-25-12(2)16(11)17(28)27(3)10-15-23-19(30-26-15)24-18(29)21-9-13-5-4-6-14(20)7-13/h4-8H,9-10H2,1-3H3,(H2,21,23,24,26,29). The zero-order chi connectivity index (χ0) is 21.7. The molecule has 0 saturated heterocycles. The number of halogens is 1. The SMILES string of the molecule is Cc1cnnc(C)c1C(=O)N(C)Cc1nsc(NC(=O)NCc2cccc(F)c2)n1. The first-order chi connectivity index (χ1) is 14.3. The van der Waals surface area contributed by atoms with Crippen LogP contribution in [0.4, 0.5) is 14.3 Å². The van der Waals surface area contributed by atoms with Crippen LogP contribution < -0.4 is 10.6 Å². The van der Waals surface area contributed by atoms with E-state index in [1.165, 1.54) is 17.0 Å². The highest BCUT2D eigenvalue weighted by Gasteiger charge is 2.19. The molecule has 0 unspecified atom stereocenters. The molecule has 0 aliphatic heterocycles. The van der Waals surface area contributed by atoms with Gasteiger partial charge in [0.05, 0.1) is 24.0 Å². The summed E-state index contributed by atoms with van der Waals surface area (Å²) < 4.78 is 17.4. The number of aryl methyl sites for hydroxylation is 2. The number of urea groups is 1. The van der Waals surface area contributed by atoms with Crippen molar-refractivity contribution in [2.75, 3.05) is 12.4 Å². The molecule has 30 heavy (non-hydrogen) atoms. The zero-order valence-electron chi connectivity index (χ0n) is 16.6. The molecule has 0 saturated carbocycles. The number of nitrogens with one attached hydrogen (secondary N) is 2. The highest BCUT2D eigenvalue weighted by molar-refractivity contribution is 7.09. The van der Waals surface area contributed by atoms with Gasteiger partial charge in [-0.15, -0.1) is 0 Å². The van der Waals surface area contributed by atoms with Gasteiger partial charge in [-0.3, -0.25) is 10.1 Å². The van der Waals surface area contributed by atoms with E-state index in [2.05, 4.69) is 30.2 Å². The molecule has 2 heterocycles. The maximum atomic E-state index is 13.2. The number of benzene rings is 1. The molecule has 0 aliphatic carbocycles. The minimum atomic E-state index is -0.486. The maximum absolute atomic E-state index is 13.2. The van der Waals surface area contributed by atoms with E-state index in [9.17, 15) is 14.0 Å². The van der Waals surface area contributed by atoms with Gasteiger partial charge in [0, 0.05) is 25.1 Å². The van der Waals surface area contributed by atoms with E-state index in [1.807, 2.05) is 0 Å². The van der Waals surface area contributed by atoms with Gasteiger partial charge in [-0.25, -0.2) is 14.2 Å². The summed E-state index contributed by atoms with van der Waals surface area (Å²) in [5, 5.41) is 13.3. The van der Waals surface area contributed by atoms with E-state index in [4.69, 9.17) is 0 Å². The van der Waals surface area contributed by atoms with Crippen LogP contribution in [0.1, 0.15) is 33.0 Å². The van der Waals surface area contributed by atoms with Gasteiger partial charge in [-0.1, -0.05) is 12.1 Å². The molecule has 0 spiro atoms. The lowest BCUT2D eigenvalue weighted by molar-refractivity contribution is 0.0779. The molecule has 0 atom stereocenters. The number of rotatable bonds is 6. The van der Waals surface area contributed by atoms with Gasteiger partial charge in [-0.2, -0.15) is 14.6 Å². The Morgan fingerprint density at radius 2 is 2.07 bits per heavy atom. The first-order valence-corrected chi connectivity index (χ1v) is 9.77. The van der Waals surface area contributed by atoms with E-state index in [0.29, 0.717) is 27.8 Å². The number of carbonyl (C=O) groups excluding carboxylic acids is 2. The Labute approximate surface area is 176 Å². The molecular formula is C19H20FN7O2S. The van der Waals surface area contributed by atoms with Crippen LogP contribution in [0, 0.1) is 19.7 Å². The van der Waals surface area contributed by atoms with Gasteiger partial charge in [0.15, 0.2) is 5.82 Å². The highest BCUT2D eigenvalue weighted by Crippen LogP contribution is 2.16. The third-order valence-electron chi connectivity index (χ3n) is 4.19. The Balaban J connectivity index is 1.55. The van der Waals surface area contributed by atoms with Crippen molar-refractivity contribution in [3.63, 3.8) is 0 Å². The third kappa shape index (κ3) is 5.32. The fourth-order valence-electron chi connectivity index (χ4n) is 2.74. The summed E-state index contributed by atoms with van der Waals surface area (Å²) in [5.74, 6) is -0.180.